The molecule has 1 aliphatic carbocycles. The Morgan fingerprint density at radius 1 is 1.32 bits per heavy atom. The Labute approximate surface area is 181 Å². The smallest absolute Gasteiger partial charge is 0.407 e. The lowest BCUT2D eigenvalue weighted by molar-refractivity contribution is -0.384. The second-order valence-electron chi connectivity index (χ2n) is 9.34. The third-order valence-electron chi connectivity index (χ3n) is 5.33. The van der Waals surface area contributed by atoms with E-state index in [1.54, 1.807) is 20.8 Å². The predicted molar refractivity (Wildman–Crippen MR) is 113 cm³/mol. The van der Waals surface area contributed by atoms with Gasteiger partial charge in [-0.1, -0.05) is 6.92 Å². The fraction of sp³-hybridized carbons (Fsp3) is 0.667. The number of carbonyl (C=O) groups excluding carboxylic acids is 2. The van der Waals surface area contributed by atoms with Crippen molar-refractivity contribution in [3.63, 3.8) is 0 Å². The molecule has 3 rings (SSSR count). The maximum absolute atomic E-state index is 12.3. The summed E-state index contributed by atoms with van der Waals surface area (Å²) in [5.74, 6) is -0.212. The molecule has 0 radical (unpaired) electrons. The highest BCUT2D eigenvalue weighted by atomic mass is 16.6. The van der Waals surface area contributed by atoms with Crippen LogP contribution in [0.25, 0.3) is 0 Å². The third kappa shape index (κ3) is 5.42. The Morgan fingerprint density at radius 3 is 2.65 bits per heavy atom. The standard InChI is InChI=1S/C21H30N4O6/c1-12-8-14(23-20(27)31-21(3,4)5)11-24(10-12)19-15-6-7-17(30-13(2)26)18(15)22-9-16(19)25(28)29/h9,12,14,17H,6-8,10-11H2,1-5H3,(H,23,27)/t12?,14-,17?/m0/s1. The number of nitrogens with zero attached hydrogens (tertiary/aromatic N) is 3. The summed E-state index contributed by atoms with van der Waals surface area (Å²) >= 11 is 0. The number of aromatic nitrogens is 1. The number of carbonyl (C=O) groups is 2. The zero-order chi connectivity index (χ0) is 22.9. The Morgan fingerprint density at radius 2 is 2.03 bits per heavy atom. The number of anilines is 1. The molecular weight excluding hydrogens is 404 g/mol. The number of piperidine rings is 1. The van der Waals surface area contributed by atoms with Crippen molar-refractivity contribution in [1.29, 1.82) is 0 Å². The summed E-state index contributed by atoms with van der Waals surface area (Å²) in [6.07, 6.45) is 2.06. The van der Waals surface area contributed by atoms with Gasteiger partial charge in [0, 0.05) is 31.6 Å². The number of rotatable bonds is 4. The van der Waals surface area contributed by atoms with Crippen LogP contribution in [0.2, 0.25) is 0 Å². The second-order valence-corrected chi connectivity index (χ2v) is 9.34. The molecule has 1 N–H and O–H groups in total. The number of alkyl carbamates (subject to hydrolysis) is 1. The number of ether oxygens (including phenoxy) is 2. The van der Waals surface area contributed by atoms with E-state index in [1.807, 2.05) is 11.8 Å². The van der Waals surface area contributed by atoms with Crippen molar-refractivity contribution in [3.05, 3.63) is 27.6 Å². The number of esters is 1. The van der Waals surface area contributed by atoms with Gasteiger partial charge in [-0.25, -0.2) is 9.78 Å². The number of nitro groups is 1. The lowest BCUT2D eigenvalue weighted by atomic mass is 9.94. The molecule has 170 valence electrons. The van der Waals surface area contributed by atoms with Crippen LogP contribution in [0.1, 0.15) is 64.8 Å². The number of hydrogen-bond donors (Lipinski definition) is 1. The Bertz CT molecular complexity index is 881. The average Bonchev–Trinajstić information content (AvgIpc) is 3.00. The first-order valence-electron chi connectivity index (χ1n) is 10.5. The van der Waals surface area contributed by atoms with E-state index in [1.165, 1.54) is 13.1 Å². The average molecular weight is 434 g/mol. The third-order valence-corrected chi connectivity index (χ3v) is 5.33. The van der Waals surface area contributed by atoms with Gasteiger partial charge in [0.2, 0.25) is 0 Å². The zero-order valence-corrected chi connectivity index (χ0v) is 18.6. The SMILES string of the molecule is CC(=O)OC1CCc2c1ncc([N+](=O)[O-])c2N1CC(C)C[C@H](NC(=O)OC(C)(C)C)C1. The summed E-state index contributed by atoms with van der Waals surface area (Å²) in [5, 5.41) is 14.7. The van der Waals surface area contributed by atoms with Gasteiger partial charge in [0.05, 0.1) is 10.6 Å². The van der Waals surface area contributed by atoms with Crippen molar-refractivity contribution in [2.24, 2.45) is 5.92 Å². The highest BCUT2D eigenvalue weighted by Crippen LogP contribution is 2.43. The zero-order valence-electron chi connectivity index (χ0n) is 18.6. The molecule has 0 bridgehead atoms. The first kappa shape index (κ1) is 22.8. The van der Waals surface area contributed by atoms with Crippen LogP contribution in [0.4, 0.5) is 16.2 Å². The van der Waals surface area contributed by atoms with Crippen LogP contribution in [0.15, 0.2) is 6.20 Å². The molecule has 3 atom stereocenters. The predicted octanol–water partition coefficient (Wildman–Crippen LogP) is 3.28. The first-order valence-corrected chi connectivity index (χ1v) is 10.5. The molecule has 1 aliphatic heterocycles. The van der Waals surface area contributed by atoms with Gasteiger partial charge in [0.1, 0.15) is 23.6 Å². The largest absolute Gasteiger partial charge is 0.456 e. The van der Waals surface area contributed by atoms with Crippen LogP contribution in [0.5, 0.6) is 0 Å². The van der Waals surface area contributed by atoms with Gasteiger partial charge in [-0.05, 0) is 46.0 Å². The minimum atomic E-state index is -0.611. The van der Waals surface area contributed by atoms with Gasteiger partial charge in [-0.3, -0.25) is 14.9 Å². The molecule has 2 heterocycles. The van der Waals surface area contributed by atoms with Crippen molar-refractivity contribution in [2.75, 3.05) is 18.0 Å². The van der Waals surface area contributed by atoms with E-state index in [9.17, 15) is 19.7 Å². The minimum absolute atomic E-state index is 0.0765. The molecule has 2 aliphatic rings. The minimum Gasteiger partial charge on any atom is -0.456 e. The van der Waals surface area contributed by atoms with Crippen LogP contribution in [-0.2, 0) is 20.7 Å². The molecule has 1 aromatic heterocycles. The number of amides is 1. The van der Waals surface area contributed by atoms with Gasteiger partial charge in [0.25, 0.3) is 0 Å². The Kier molecular flexibility index (Phi) is 6.38. The maximum atomic E-state index is 12.3. The van der Waals surface area contributed by atoms with Gasteiger partial charge in [-0.2, -0.15) is 0 Å². The summed E-state index contributed by atoms with van der Waals surface area (Å²) in [6.45, 7) is 9.80. The van der Waals surface area contributed by atoms with Crippen molar-refractivity contribution < 1.29 is 24.0 Å². The van der Waals surface area contributed by atoms with Gasteiger partial charge < -0.3 is 19.7 Å². The van der Waals surface area contributed by atoms with E-state index in [0.29, 0.717) is 37.3 Å². The lowest BCUT2D eigenvalue weighted by Crippen LogP contribution is -2.51. The molecule has 1 aromatic rings. The fourth-order valence-electron chi connectivity index (χ4n) is 4.40. The molecule has 10 heteroatoms. The first-order chi connectivity index (χ1) is 14.4. The Balaban J connectivity index is 1.90. The van der Waals surface area contributed by atoms with E-state index in [0.717, 1.165) is 12.0 Å². The van der Waals surface area contributed by atoms with E-state index in [2.05, 4.69) is 10.3 Å². The highest BCUT2D eigenvalue weighted by molar-refractivity contribution is 5.72. The van der Waals surface area contributed by atoms with Crippen molar-refractivity contribution in [1.82, 2.24) is 10.3 Å². The van der Waals surface area contributed by atoms with E-state index < -0.39 is 28.7 Å². The molecule has 1 saturated heterocycles. The number of pyridine rings is 1. The molecular formula is C21H30N4O6. The summed E-state index contributed by atoms with van der Waals surface area (Å²) in [6, 6.07) is -0.215. The van der Waals surface area contributed by atoms with Crippen LogP contribution in [0.3, 0.4) is 0 Å². The van der Waals surface area contributed by atoms with Crippen LogP contribution in [0, 0.1) is 16.0 Å². The molecule has 1 fully saturated rings. The summed E-state index contributed by atoms with van der Waals surface area (Å²) in [7, 11) is 0. The second kappa shape index (κ2) is 8.68. The summed E-state index contributed by atoms with van der Waals surface area (Å²) in [5.41, 5.74) is 1.14. The molecule has 0 spiro atoms. The van der Waals surface area contributed by atoms with E-state index in [-0.39, 0.29) is 17.6 Å². The van der Waals surface area contributed by atoms with Gasteiger partial charge in [-0.15, -0.1) is 0 Å². The van der Waals surface area contributed by atoms with Crippen molar-refractivity contribution in [2.45, 2.75) is 71.6 Å². The molecule has 2 unspecified atom stereocenters. The highest BCUT2D eigenvalue weighted by Gasteiger charge is 2.37. The number of nitrogens with one attached hydrogen (secondary N) is 1. The monoisotopic (exact) mass is 434 g/mol. The van der Waals surface area contributed by atoms with Crippen molar-refractivity contribution in [3.8, 4) is 0 Å². The summed E-state index contributed by atoms with van der Waals surface area (Å²) in [4.78, 5) is 41.3. The van der Waals surface area contributed by atoms with Crippen LogP contribution in [-0.4, -0.2) is 46.7 Å². The normalized spacial score (nSPS) is 23.1. The molecule has 10 nitrogen and oxygen atoms in total. The molecule has 1 amide bonds. The van der Waals surface area contributed by atoms with Crippen LogP contribution < -0.4 is 10.2 Å². The molecule has 0 saturated carbocycles. The van der Waals surface area contributed by atoms with Gasteiger partial charge >= 0.3 is 17.7 Å². The summed E-state index contributed by atoms with van der Waals surface area (Å²) < 4.78 is 10.7. The topological polar surface area (TPSA) is 124 Å². The van der Waals surface area contributed by atoms with Gasteiger partial charge in [0.15, 0.2) is 0 Å². The quantitative estimate of drug-likeness (QED) is 0.435. The number of hydrogen-bond acceptors (Lipinski definition) is 8. The number of fused-ring (bicyclic) bond motifs is 1. The lowest BCUT2D eigenvalue weighted by Gasteiger charge is -2.38. The van der Waals surface area contributed by atoms with Crippen LogP contribution >= 0.6 is 0 Å². The Hall–Kier alpha value is -2.91. The molecule has 0 aromatic carbocycles. The fourth-order valence-corrected chi connectivity index (χ4v) is 4.40. The van der Waals surface area contributed by atoms with E-state index in [4.69, 9.17) is 9.47 Å². The molecule has 31 heavy (non-hydrogen) atoms. The maximum Gasteiger partial charge on any atom is 0.407 e. The van der Waals surface area contributed by atoms with E-state index >= 15 is 0 Å². The van der Waals surface area contributed by atoms with Crippen molar-refractivity contribution >= 4 is 23.4 Å².